The summed E-state index contributed by atoms with van der Waals surface area (Å²) in [5, 5.41) is 10.8. The lowest BCUT2D eigenvalue weighted by molar-refractivity contribution is -0.416. The van der Waals surface area contributed by atoms with Crippen LogP contribution < -0.4 is 4.74 Å². The summed E-state index contributed by atoms with van der Waals surface area (Å²) in [6.07, 6.45) is 1.52. The maximum Gasteiger partial charge on any atom is 0.181 e. The van der Waals surface area contributed by atoms with Crippen LogP contribution in [0.3, 0.4) is 0 Å². The molecule has 0 unspecified atom stereocenters. The van der Waals surface area contributed by atoms with E-state index in [1.165, 1.54) is 13.3 Å². The summed E-state index contributed by atoms with van der Waals surface area (Å²) in [4.78, 5) is 0. The summed E-state index contributed by atoms with van der Waals surface area (Å²) < 4.78 is 6.20. The Kier molecular flexibility index (Phi) is 3.51. The van der Waals surface area contributed by atoms with Crippen molar-refractivity contribution in [3.63, 3.8) is 0 Å². The van der Waals surface area contributed by atoms with Crippen LogP contribution in [0.25, 0.3) is 0 Å². The highest BCUT2D eigenvalue weighted by Crippen LogP contribution is 2.18. The molecule has 3 heteroatoms. The maximum atomic E-state index is 10.8. The molecule has 0 aliphatic heterocycles. The molecule has 0 bridgehead atoms. The highest BCUT2D eigenvalue weighted by Gasteiger charge is 2.00. The minimum Gasteiger partial charge on any atom is -0.624 e. The summed E-state index contributed by atoms with van der Waals surface area (Å²) in [5.74, 6) is 0.836. The first-order valence-electron chi connectivity index (χ1n) is 4.61. The van der Waals surface area contributed by atoms with Crippen molar-refractivity contribution in [3.05, 3.63) is 34.5 Å². The summed E-state index contributed by atoms with van der Waals surface area (Å²) in [6.45, 7) is 4.56. The van der Waals surface area contributed by atoms with Crippen LogP contribution >= 0.6 is 0 Å². The molecule has 0 amide bonds. The van der Waals surface area contributed by atoms with E-state index in [2.05, 4.69) is 0 Å². The van der Waals surface area contributed by atoms with Crippen LogP contribution in [0.15, 0.2) is 18.2 Å². The van der Waals surface area contributed by atoms with Crippen LogP contribution in [0.5, 0.6) is 5.75 Å². The quantitative estimate of drug-likeness (QED) is 0.318. The van der Waals surface area contributed by atoms with Gasteiger partial charge in [0.2, 0.25) is 0 Å². The second-order valence-electron chi connectivity index (χ2n) is 3.13. The van der Waals surface area contributed by atoms with E-state index in [-0.39, 0.29) is 0 Å². The molecular weight excluding hydrogens is 178 g/mol. The second kappa shape index (κ2) is 4.65. The van der Waals surface area contributed by atoms with E-state index in [1.807, 2.05) is 32.0 Å². The second-order valence-corrected chi connectivity index (χ2v) is 3.13. The van der Waals surface area contributed by atoms with Crippen LogP contribution in [0.2, 0.25) is 0 Å². The van der Waals surface area contributed by atoms with Crippen molar-refractivity contribution < 1.29 is 9.48 Å². The van der Waals surface area contributed by atoms with E-state index in [1.54, 1.807) is 0 Å². The van der Waals surface area contributed by atoms with Gasteiger partial charge in [-0.2, -0.15) is 0 Å². The molecule has 0 N–H and O–H groups in total. The van der Waals surface area contributed by atoms with Crippen molar-refractivity contribution in [2.45, 2.75) is 13.8 Å². The van der Waals surface area contributed by atoms with Crippen molar-refractivity contribution in [2.24, 2.45) is 0 Å². The van der Waals surface area contributed by atoms with Gasteiger partial charge in [0.25, 0.3) is 0 Å². The highest BCUT2D eigenvalue weighted by molar-refractivity contribution is 5.76. The molecule has 14 heavy (non-hydrogen) atoms. The Labute approximate surface area is 84.2 Å². The number of ether oxygens (including phenoxy) is 1. The van der Waals surface area contributed by atoms with Crippen molar-refractivity contribution in [1.29, 1.82) is 0 Å². The van der Waals surface area contributed by atoms with Crippen molar-refractivity contribution in [1.82, 2.24) is 0 Å². The summed E-state index contributed by atoms with van der Waals surface area (Å²) >= 11 is 0. The van der Waals surface area contributed by atoms with Crippen molar-refractivity contribution in [3.8, 4) is 5.75 Å². The normalized spacial score (nSPS) is 11.5. The van der Waals surface area contributed by atoms with Gasteiger partial charge >= 0.3 is 0 Å². The number of benzene rings is 1. The van der Waals surface area contributed by atoms with E-state index >= 15 is 0 Å². The maximum absolute atomic E-state index is 10.8. The zero-order valence-electron chi connectivity index (χ0n) is 8.78. The van der Waals surface area contributed by atoms with Crippen molar-refractivity contribution >= 4 is 6.21 Å². The van der Waals surface area contributed by atoms with E-state index in [4.69, 9.17) is 4.74 Å². The molecule has 3 nitrogen and oxygen atoms in total. The standard InChI is InChI=1S/C11H15NO2/c1-4-14-11-7-10(8-12(3)13)6-5-9(11)2/h5-8H,4H2,1-3H3/b12-8-. The van der Waals surface area contributed by atoms with Crippen LogP contribution in [0, 0.1) is 12.1 Å². The fourth-order valence-corrected chi connectivity index (χ4v) is 1.22. The molecule has 0 atom stereocenters. The highest BCUT2D eigenvalue weighted by atomic mass is 16.5. The molecule has 1 aromatic rings. The van der Waals surface area contributed by atoms with Gasteiger partial charge in [0.05, 0.1) is 6.61 Å². The largest absolute Gasteiger partial charge is 0.624 e. The number of hydrogen-bond acceptors (Lipinski definition) is 2. The van der Waals surface area contributed by atoms with Crippen molar-refractivity contribution in [2.75, 3.05) is 13.7 Å². The Morgan fingerprint density at radius 2 is 2.21 bits per heavy atom. The zero-order chi connectivity index (χ0) is 10.6. The Morgan fingerprint density at radius 3 is 2.79 bits per heavy atom. The third-order valence-electron chi connectivity index (χ3n) is 1.84. The van der Waals surface area contributed by atoms with Gasteiger partial charge in [0.15, 0.2) is 6.21 Å². The number of rotatable bonds is 3. The van der Waals surface area contributed by atoms with Crippen LogP contribution in [-0.4, -0.2) is 24.6 Å². The molecule has 0 saturated heterocycles. The molecule has 1 rings (SSSR count). The molecular formula is C11H15NO2. The lowest BCUT2D eigenvalue weighted by Gasteiger charge is -2.07. The molecule has 0 heterocycles. The van der Waals surface area contributed by atoms with Gasteiger partial charge in [-0.15, -0.1) is 0 Å². The molecule has 76 valence electrons. The predicted octanol–water partition coefficient (Wildman–Crippen LogP) is 1.95. The molecule has 0 saturated carbocycles. The van der Waals surface area contributed by atoms with Gasteiger partial charge < -0.3 is 9.94 Å². The molecule has 0 fully saturated rings. The predicted molar refractivity (Wildman–Crippen MR) is 57.1 cm³/mol. The summed E-state index contributed by atoms with van der Waals surface area (Å²) in [5.41, 5.74) is 1.94. The lowest BCUT2D eigenvalue weighted by Crippen LogP contribution is -1.99. The minimum atomic E-state index is 0.636. The average Bonchev–Trinajstić information content (AvgIpc) is 2.10. The first-order valence-corrected chi connectivity index (χ1v) is 4.61. The average molecular weight is 193 g/mol. The molecule has 0 radical (unpaired) electrons. The third-order valence-corrected chi connectivity index (χ3v) is 1.84. The number of hydrogen-bond donors (Lipinski definition) is 0. The fourth-order valence-electron chi connectivity index (χ4n) is 1.22. The van der Waals surface area contributed by atoms with E-state index < -0.39 is 0 Å². The summed E-state index contributed by atoms with van der Waals surface area (Å²) in [6, 6.07) is 5.71. The fraction of sp³-hybridized carbons (Fsp3) is 0.364. The van der Waals surface area contributed by atoms with Gasteiger partial charge in [-0.05, 0) is 31.5 Å². The molecule has 0 aromatic heterocycles. The Bertz CT molecular complexity index is 341. The molecule has 0 spiro atoms. The Balaban J connectivity index is 3.00. The topological polar surface area (TPSA) is 35.3 Å². The van der Waals surface area contributed by atoms with Gasteiger partial charge in [-0.25, -0.2) is 4.74 Å². The number of hydroxylamine groups is 1. The Morgan fingerprint density at radius 1 is 1.50 bits per heavy atom. The number of nitrogens with zero attached hydrogens (tertiary/aromatic N) is 1. The van der Waals surface area contributed by atoms with Gasteiger partial charge in [0, 0.05) is 5.56 Å². The van der Waals surface area contributed by atoms with Gasteiger partial charge in [-0.1, -0.05) is 6.07 Å². The van der Waals surface area contributed by atoms with Gasteiger partial charge in [0.1, 0.15) is 12.8 Å². The smallest absolute Gasteiger partial charge is 0.181 e. The molecule has 0 aliphatic rings. The number of aryl methyl sites for hydroxylation is 1. The first-order chi connectivity index (χ1) is 6.63. The van der Waals surface area contributed by atoms with Crippen LogP contribution in [-0.2, 0) is 0 Å². The van der Waals surface area contributed by atoms with E-state index in [0.29, 0.717) is 6.61 Å². The Hall–Kier alpha value is -1.51. The van der Waals surface area contributed by atoms with E-state index in [0.717, 1.165) is 21.6 Å². The van der Waals surface area contributed by atoms with Gasteiger partial charge in [-0.3, -0.25) is 0 Å². The first kappa shape index (κ1) is 10.6. The minimum absolute atomic E-state index is 0.636. The van der Waals surface area contributed by atoms with Crippen LogP contribution in [0.4, 0.5) is 0 Å². The SMILES string of the molecule is CCOc1cc(/C=[N+](/C)[O-])ccc1C. The lowest BCUT2D eigenvalue weighted by atomic mass is 10.1. The monoisotopic (exact) mass is 193 g/mol. The third kappa shape index (κ3) is 2.76. The molecule has 0 aliphatic carbocycles. The molecule has 1 aromatic carbocycles. The van der Waals surface area contributed by atoms with E-state index in [9.17, 15) is 5.21 Å². The zero-order valence-corrected chi connectivity index (χ0v) is 8.78. The van der Waals surface area contributed by atoms with Crippen LogP contribution in [0.1, 0.15) is 18.1 Å². The summed E-state index contributed by atoms with van der Waals surface area (Å²) in [7, 11) is 1.46.